The zero-order valence-corrected chi connectivity index (χ0v) is 12.2. The van der Waals surface area contributed by atoms with Crippen LogP contribution in [0.3, 0.4) is 0 Å². The lowest BCUT2D eigenvalue weighted by atomic mass is 10.2. The van der Waals surface area contributed by atoms with E-state index in [9.17, 15) is 17.2 Å². The van der Waals surface area contributed by atoms with Crippen molar-refractivity contribution in [1.29, 1.82) is 0 Å². The molecule has 3 N–H and O–H groups in total. The summed E-state index contributed by atoms with van der Waals surface area (Å²) in [5, 5.41) is -0.220. The SMILES string of the molecule is NCc1cc(S(=O)(=O)Nc2cccc(F)c2)cc(F)c1Cl. The molecule has 8 heteroatoms. The van der Waals surface area contributed by atoms with Gasteiger partial charge in [0.1, 0.15) is 11.6 Å². The quantitative estimate of drug-likeness (QED) is 0.904. The van der Waals surface area contributed by atoms with Crippen molar-refractivity contribution in [2.75, 3.05) is 4.72 Å². The van der Waals surface area contributed by atoms with Crippen molar-refractivity contribution in [3.05, 3.63) is 58.6 Å². The van der Waals surface area contributed by atoms with E-state index < -0.39 is 21.7 Å². The van der Waals surface area contributed by atoms with Crippen molar-refractivity contribution in [2.24, 2.45) is 5.73 Å². The number of nitrogens with two attached hydrogens (primary N) is 1. The molecule has 0 radical (unpaired) electrons. The Morgan fingerprint density at radius 1 is 1.19 bits per heavy atom. The van der Waals surface area contributed by atoms with E-state index in [-0.39, 0.29) is 27.7 Å². The highest BCUT2D eigenvalue weighted by atomic mass is 35.5. The number of hydrogen-bond acceptors (Lipinski definition) is 3. The van der Waals surface area contributed by atoms with Gasteiger partial charge in [0, 0.05) is 6.54 Å². The molecule has 0 spiro atoms. The highest BCUT2D eigenvalue weighted by Crippen LogP contribution is 2.25. The van der Waals surface area contributed by atoms with Crippen molar-refractivity contribution in [2.45, 2.75) is 11.4 Å². The molecule has 0 aliphatic rings. The molecule has 0 saturated heterocycles. The first-order valence-electron chi connectivity index (χ1n) is 5.80. The molecule has 0 saturated carbocycles. The third-order valence-electron chi connectivity index (χ3n) is 2.68. The van der Waals surface area contributed by atoms with E-state index >= 15 is 0 Å². The maximum absolute atomic E-state index is 13.6. The zero-order chi connectivity index (χ0) is 15.6. The fraction of sp³-hybridized carbons (Fsp3) is 0.0769. The smallest absolute Gasteiger partial charge is 0.262 e. The van der Waals surface area contributed by atoms with Crippen LogP contribution in [0.15, 0.2) is 41.3 Å². The van der Waals surface area contributed by atoms with E-state index in [1.807, 2.05) is 0 Å². The summed E-state index contributed by atoms with van der Waals surface area (Å²) >= 11 is 5.68. The number of sulfonamides is 1. The van der Waals surface area contributed by atoms with Crippen LogP contribution in [-0.4, -0.2) is 8.42 Å². The zero-order valence-electron chi connectivity index (χ0n) is 10.6. The van der Waals surface area contributed by atoms with Crippen LogP contribution in [0, 0.1) is 11.6 Å². The monoisotopic (exact) mass is 332 g/mol. The van der Waals surface area contributed by atoms with Crippen LogP contribution in [0.5, 0.6) is 0 Å². The number of benzene rings is 2. The standard InChI is InChI=1S/C13H11ClF2N2O2S/c14-13-8(7-17)4-11(6-12(13)16)21(19,20)18-10-3-1-2-9(15)5-10/h1-6,18H,7,17H2. The Morgan fingerprint density at radius 3 is 2.52 bits per heavy atom. The van der Waals surface area contributed by atoms with Crippen molar-refractivity contribution in [3.63, 3.8) is 0 Å². The predicted molar refractivity (Wildman–Crippen MR) is 76.5 cm³/mol. The second kappa shape index (κ2) is 5.97. The van der Waals surface area contributed by atoms with Crippen LogP contribution in [0.2, 0.25) is 5.02 Å². The van der Waals surface area contributed by atoms with Crippen LogP contribution in [0.4, 0.5) is 14.5 Å². The molecule has 4 nitrogen and oxygen atoms in total. The summed E-state index contributed by atoms with van der Waals surface area (Å²) in [6.07, 6.45) is 0. The van der Waals surface area contributed by atoms with Gasteiger partial charge in [-0.2, -0.15) is 0 Å². The summed E-state index contributed by atoms with van der Waals surface area (Å²) in [4.78, 5) is -0.339. The van der Waals surface area contributed by atoms with Gasteiger partial charge in [-0.3, -0.25) is 4.72 Å². The van der Waals surface area contributed by atoms with Gasteiger partial charge in [-0.25, -0.2) is 17.2 Å². The van der Waals surface area contributed by atoms with Gasteiger partial charge >= 0.3 is 0 Å². The predicted octanol–water partition coefficient (Wildman–Crippen LogP) is 2.88. The fourth-order valence-corrected chi connectivity index (χ4v) is 2.99. The Hall–Kier alpha value is -1.70. The van der Waals surface area contributed by atoms with Gasteiger partial charge in [-0.05, 0) is 35.9 Å². The van der Waals surface area contributed by atoms with Crippen LogP contribution < -0.4 is 10.5 Å². The molecule has 21 heavy (non-hydrogen) atoms. The minimum atomic E-state index is -4.07. The van der Waals surface area contributed by atoms with Gasteiger partial charge in [0.25, 0.3) is 10.0 Å². The molecule has 0 atom stereocenters. The first-order chi connectivity index (χ1) is 9.83. The van der Waals surface area contributed by atoms with E-state index in [1.165, 1.54) is 24.3 Å². The van der Waals surface area contributed by atoms with E-state index in [4.69, 9.17) is 17.3 Å². The summed E-state index contributed by atoms with van der Waals surface area (Å²) in [6, 6.07) is 6.85. The summed E-state index contributed by atoms with van der Waals surface area (Å²) < 4.78 is 53.1. The number of rotatable bonds is 4. The number of halogens is 3. The molecular weight excluding hydrogens is 322 g/mol. The maximum atomic E-state index is 13.6. The summed E-state index contributed by atoms with van der Waals surface area (Å²) in [5.41, 5.74) is 5.58. The van der Waals surface area contributed by atoms with E-state index in [0.29, 0.717) is 0 Å². The molecule has 0 unspecified atom stereocenters. The van der Waals surface area contributed by atoms with E-state index in [0.717, 1.165) is 12.1 Å². The topological polar surface area (TPSA) is 72.2 Å². The minimum Gasteiger partial charge on any atom is -0.326 e. The number of anilines is 1. The van der Waals surface area contributed by atoms with Gasteiger partial charge in [0.05, 0.1) is 15.6 Å². The van der Waals surface area contributed by atoms with Crippen LogP contribution >= 0.6 is 11.6 Å². The first-order valence-corrected chi connectivity index (χ1v) is 7.66. The molecule has 0 bridgehead atoms. The van der Waals surface area contributed by atoms with Crippen molar-refractivity contribution in [1.82, 2.24) is 0 Å². The molecule has 112 valence electrons. The highest BCUT2D eigenvalue weighted by molar-refractivity contribution is 7.92. The molecule has 0 aliphatic carbocycles. The average Bonchev–Trinajstić information content (AvgIpc) is 2.41. The number of hydrogen-bond donors (Lipinski definition) is 2. The Morgan fingerprint density at radius 2 is 1.90 bits per heavy atom. The van der Waals surface area contributed by atoms with E-state index in [1.54, 1.807) is 0 Å². The summed E-state index contributed by atoms with van der Waals surface area (Å²) in [6.45, 7) is -0.112. The first kappa shape index (κ1) is 15.7. The summed E-state index contributed by atoms with van der Waals surface area (Å²) in [7, 11) is -4.07. The van der Waals surface area contributed by atoms with Gasteiger partial charge in [-0.15, -0.1) is 0 Å². The second-order valence-electron chi connectivity index (χ2n) is 4.20. The normalized spacial score (nSPS) is 11.4. The van der Waals surface area contributed by atoms with E-state index in [2.05, 4.69) is 4.72 Å². The van der Waals surface area contributed by atoms with Crippen LogP contribution in [0.1, 0.15) is 5.56 Å². The molecule has 0 aromatic heterocycles. The largest absolute Gasteiger partial charge is 0.326 e. The average molecular weight is 333 g/mol. The Kier molecular flexibility index (Phi) is 4.46. The molecule has 0 aliphatic heterocycles. The van der Waals surface area contributed by atoms with Gasteiger partial charge in [-0.1, -0.05) is 17.7 Å². The Balaban J connectivity index is 2.42. The van der Waals surface area contributed by atoms with Gasteiger partial charge < -0.3 is 5.73 Å². The number of nitrogens with one attached hydrogen (secondary N) is 1. The minimum absolute atomic E-state index is 0.0275. The molecule has 0 fully saturated rings. The third kappa shape index (κ3) is 3.49. The van der Waals surface area contributed by atoms with Crippen molar-refractivity contribution < 1.29 is 17.2 Å². The van der Waals surface area contributed by atoms with Crippen molar-refractivity contribution in [3.8, 4) is 0 Å². The highest BCUT2D eigenvalue weighted by Gasteiger charge is 2.19. The van der Waals surface area contributed by atoms with Gasteiger partial charge in [0.15, 0.2) is 0 Å². The Labute approximate surface area is 125 Å². The third-order valence-corrected chi connectivity index (χ3v) is 4.47. The molecule has 0 amide bonds. The molecule has 0 heterocycles. The Bertz CT molecular complexity index is 782. The molecular formula is C13H11ClF2N2O2S. The lowest BCUT2D eigenvalue weighted by Crippen LogP contribution is -2.14. The molecule has 2 aromatic rings. The van der Waals surface area contributed by atoms with Crippen molar-refractivity contribution >= 4 is 27.3 Å². The fourth-order valence-electron chi connectivity index (χ4n) is 1.69. The molecule has 2 rings (SSSR count). The van der Waals surface area contributed by atoms with Crippen LogP contribution in [-0.2, 0) is 16.6 Å². The van der Waals surface area contributed by atoms with Crippen LogP contribution in [0.25, 0.3) is 0 Å². The van der Waals surface area contributed by atoms with Gasteiger partial charge in [0.2, 0.25) is 0 Å². The lowest BCUT2D eigenvalue weighted by Gasteiger charge is -2.10. The lowest BCUT2D eigenvalue weighted by molar-refractivity contribution is 0.594. The summed E-state index contributed by atoms with van der Waals surface area (Å²) in [5.74, 6) is -1.49. The molecule has 2 aromatic carbocycles. The second-order valence-corrected chi connectivity index (χ2v) is 6.26. The maximum Gasteiger partial charge on any atom is 0.262 e.